The molecule has 0 fully saturated rings. The molecule has 0 unspecified atom stereocenters. The molecule has 0 atom stereocenters. The predicted octanol–water partition coefficient (Wildman–Crippen LogP) is 3.84. The summed E-state index contributed by atoms with van der Waals surface area (Å²) in [6.07, 6.45) is 1.88. The molecule has 3 aromatic rings. The number of nitrogens with zero attached hydrogens (tertiary/aromatic N) is 3. The molecule has 6 heteroatoms. The van der Waals surface area contributed by atoms with Gasteiger partial charge in [0.1, 0.15) is 5.69 Å². The van der Waals surface area contributed by atoms with Gasteiger partial charge in [0.05, 0.1) is 24.4 Å². The summed E-state index contributed by atoms with van der Waals surface area (Å²) in [4.78, 5) is 12.6. The number of esters is 1. The van der Waals surface area contributed by atoms with Gasteiger partial charge >= 0.3 is 5.97 Å². The second-order valence-electron chi connectivity index (χ2n) is 6.94. The fourth-order valence-corrected chi connectivity index (χ4v) is 3.90. The molecular formula is C21H25N3O3. The molecule has 27 heavy (non-hydrogen) atoms. The first-order valence-electron chi connectivity index (χ1n) is 9.51. The van der Waals surface area contributed by atoms with E-state index in [2.05, 4.69) is 28.7 Å². The van der Waals surface area contributed by atoms with Gasteiger partial charge in [-0.1, -0.05) is 18.2 Å². The van der Waals surface area contributed by atoms with Crippen molar-refractivity contribution in [3.8, 4) is 11.1 Å². The first-order valence-corrected chi connectivity index (χ1v) is 9.51. The molecule has 0 amide bonds. The summed E-state index contributed by atoms with van der Waals surface area (Å²) in [6, 6.07) is 8.15. The lowest BCUT2D eigenvalue weighted by atomic mass is 10.0. The number of carbonyl (C=O) groups excluding carboxylic acids is 1. The van der Waals surface area contributed by atoms with Crippen molar-refractivity contribution in [1.82, 2.24) is 14.3 Å². The monoisotopic (exact) mass is 367 g/mol. The highest BCUT2D eigenvalue weighted by Gasteiger charge is 2.23. The van der Waals surface area contributed by atoms with E-state index in [0.717, 1.165) is 52.8 Å². The Labute approximate surface area is 158 Å². The molecule has 0 radical (unpaired) electrons. The van der Waals surface area contributed by atoms with Crippen LogP contribution in [0.3, 0.4) is 0 Å². The van der Waals surface area contributed by atoms with Crippen LogP contribution in [-0.4, -0.2) is 33.5 Å². The molecule has 3 heterocycles. The Morgan fingerprint density at radius 3 is 3.00 bits per heavy atom. The van der Waals surface area contributed by atoms with Gasteiger partial charge in [-0.15, -0.1) is 0 Å². The highest BCUT2D eigenvalue weighted by molar-refractivity contribution is 6.02. The van der Waals surface area contributed by atoms with Gasteiger partial charge in [0.15, 0.2) is 0 Å². The van der Waals surface area contributed by atoms with Crippen LogP contribution in [0.5, 0.6) is 0 Å². The van der Waals surface area contributed by atoms with E-state index >= 15 is 0 Å². The predicted molar refractivity (Wildman–Crippen MR) is 104 cm³/mol. The van der Waals surface area contributed by atoms with Crippen molar-refractivity contribution in [2.75, 3.05) is 13.2 Å². The minimum atomic E-state index is -0.270. The maximum Gasteiger partial charge on any atom is 0.354 e. The van der Waals surface area contributed by atoms with Crippen LogP contribution in [-0.2, 0) is 29.7 Å². The van der Waals surface area contributed by atoms with Crippen LogP contribution in [0.25, 0.3) is 22.0 Å². The van der Waals surface area contributed by atoms with Crippen molar-refractivity contribution in [3.05, 3.63) is 41.3 Å². The number of aromatic nitrogens is 3. The van der Waals surface area contributed by atoms with Crippen molar-refractivity contribution < 1.29 is 14.3 Å². The molecule has 1 aliphatic heterocycles. The fraction of sp³-hybridized carbons (Fsp3) is 0.429. The third kappa shape index (κ3) is 3.04. The number of carbonyl (C=O) groups is 1. The first-order chi connectivity index (χ1) is 13.1. The summed E-state index contributed by atoms with van der Waals surface area (Å²) in [7, 11) is 1.96. The summed E-state index contributed by atoms with van der Waals surface area (Å²) in [5, 5.41) is 5.72. The second-order valence-corrected chi connectivity index (χ2v) is 6.94. The van der Waals surface area contributed by atoms with Crippen molar-refractivity contribution in [3.63, 3.8) is 0 Å². The van der Waals surface area contributed by atoms with E-state index in [-0.39, 0.29) is 5.97 Å². The molecule has 1 aliphatic rings. The Hall–Kier alpha value is -2.60. The third-order valence-corrected chi connectivity index (χ3v) is 5.24. The van der Waals surface area contributed by atoms with Crippen molar-refractivity contribution in [2.24, 2.45) is 7.05 Å². The van der Waals surface area contributed by atoms with E-state index < -0.39 is 0 Å². The number of aryl methyl sites for hydroxylation is 2. The lowest BCUT2D eigenvalue weighted by molar-refractivity contribution is 0.0514. The first kappa shape index (κ1) is 17.8. The normalized spacial score (nSPS) is 14.6. The maximum atomic E-state index is 12.6. The average molecular weight is 367 g/mol. The van der Waals surface area contributed by atoms with Gasteiger partial charge in [-0.2, -0.15) is 5.10 Å². The highest BCUT2D eigenvalue weighted by atomic mass is 16.5. The summed E-state index contributed by atoms with van der Waals surface area (Å²) >= 11 is 0. The molecular weight excluding hydrogens is 342 g/mol. The Morgan fingerprint density at radius 2 is 2.19 bits per heavy atom. The van der Waals surface area contributed by atoms with E-state index in [0.29, 0.717) is 25.5 Å². The van der Waals surface area contributed by atoms with E-state index in [9.17, 15) is 4.79 Å². The molecule has 0 saturated carbocycles. The molecule has 0 aliphatic carbocycles. The van der Waals surface area contributed by atoms with Crippen molar-refractivity contribution in [1.29, 1.82) is 0 Å². The average Bonchev–Trinajstić information content (AvgIpc) is 3.15. The van der Waals surface area contributed by atoms with Crippen molar-refractivity contribution >= 4 is 16.9 Å². The topological polar surface area (TPSA) is 58.3 Å². The number of para-hydroxylation sites is 1. The molecule has 2 aromatic heterocycles. The zero-order valence-corrected chi connectivity index (χ0v) is 16.1. The Morgan fingerprint density at radius 1 is 1.33 bits per heavy atom. The van der Waals surface area contributed by atoms with Gasteiger partial charge in [-0.3, -0.25) is 4.68 Å². The van der Waals surface area contributed by atoms with Crippen LogP contribution in [0, 0.1) is 6.92 Å². The zero-order valence-electron chi connectivity index (χ0n) is 16.1. The van der Waals surface area contributed by atoms with Gasteiger partial charge in [-0.25, -0.2) is 4.79 Å². The Bertz CT molecular complexity index is 1000. The molecule has 4 rings (SSSR count). The summed E-state index contributed by atoms with van der Waals surface area (Å²) < 4.78 is 15.2. The molecule has 0 bridgehead atoms. The van der Waals surface area contributed by atoms with Crippen LogP contribution >= 0.6 is 0 Å². The van der Waals surface area contributed by atoms with Crippen molar-refractivity contribution in [2.45, 2.75) is 39.8 Å². The van der Waals surface area contributed by atoms with E-state index in [1.54, 1.807) is 0 Å². The van der Waals surface area contributed by atoms with Crippen LogP contribution < -0.4 is 0 Å². The van der Waals surface area contributed by atoms with Gasteiger partial charge in [-0.05, 0) is 32.8 Å². The quantitative estimate of drug-likeness (QED) is 0.646. The highest BCUT2D eigenvalue weighted by Crippen LogP contribution is 2.36. The standard InChI is InChI=1S/C21H25N3O3/c1-4-27-21(25)18-12-15-8-7-9-16-19-14(2)23(3)22-17(19)13-26-11-6-5-10-24(18)20(15)16/h7-9,12H,4-6,10-11,13H2,1-3H3. The van der Waals surface area contributed by atoms with E-state index in [1.165, 1.54) is 0 Å². The van der Waals surface area contributed by atoms with Gasteiger partial charge < -0.3 is 14.0 Å². The fourth-order valence-electron chi connectivity index (χ4n) is 3.90. The third-order valence-electron chi connectivity index (χ3n) is 5.24. The molecule has 1 aromatic carbocycles. The minimum absolute atomic E-state index is 0.270. The maximum absolute atomic E-state index is 12.6. The molecule has 6 nitrogen and oxygen atoms in total. The summed E-state index contributed by atoms with van der Waals surface area (Å²) in [5.41, 5.74) is 5.90. The number of benzene rings is 1. The minimum Gasteiger partial charge on any atom is -0.461 e. The zero-order chi connectivity index (χ0) is 19.0. The molecule has 0 saturated heterocycles. The largest absolute Gasteiger partial charge is 0.461 e. The van der Waals surface area contributed by atoms with Crippen LogP contribution in [0.1, 0.15) is 41.6 Å². The smallest absolute Gasteiger partial charge is 0.354 e. The lowest BCUT2D eigenvalue weighted by Crippen LogP contribution is -2.13. The lowest BCUT2D eigenvalue weighted by Gasteiger charge is -2.13. The van der Waals surface area contributed by atoms with Crippen LogP contribution in [0.2, 0.25) is 0 Å². The SMILES string of the molecule is CCOC(=O)c1cc2cccc3c2n1CCCCOCc1nn(C)c(C)c1-3. The number of ether oxygens (including phenoxy) is 2. The van der Waals surface area contributed by atoms with Gasteiger partial charge in [0, 0.05) is 42.4 Å². The van der Waals surface area contributed by atoms with E-state index in [4.69, 9.17) is 9.47 Å². The Kier molecular flexibility index (Phi) is 4.74. The number of rotatable bonds is 2. The molecule has 0 N–H and O–H groups in total. The number of fused-ring (bicyclic) bond motifs is 2. The van der Waals surface area contributed by atoms with Gasteiger partial charge in [0.25, 0.3) is 0 Å². The molecule has 142 valence electrons. The summed E-state index contributed by atoms with van der Waals surface area (Å²) in [5.74, 6) is -0.270. The second kappa shape index (κ2) is 7.19. The Balaban J connectivity index is 2.01. The van der Waals surface area contributed by atoms with E-state index in [1.807, 2.05) is 30.8 Å². The number of hydrogen-bond donors (Lipinski definition) is 0. The molecule has 0 spiro atoms. The van der Waals surface area contributed by atoms with Crippen LogP contribution in [0.15, 0.2) is 24.3 Å². The summed E-state index contributed by atoms with van der Waals surface area (Å²) in [6.45, 7) is 6.22. The van der Waals surface area contributed by atoms with Gasteiger partial charge in [0.2, 0.25) is 0 Å². The van der Waals surface area contributed by atoms with Crippen LogP contribution in [0.4, 0.5) is 0 Å². The number of hydrogen-bond acceptors (Lipinski definition) is 4.